The first-order valence-corrected chi connectivity index (χ1v) is 10.8. The van der Waals surface area contributed by atoms with Crippen LogP contribution in [0.4, 0.5) is 4.79 Å². The van der Waals surface area contributed by atoms with Crippen LogP contribution in [0.25, 0.3) is 0 Å². The molecular formula is C22H28BrN3O4. The molecule has 1 aromatic carbocycles. The fourth-order valence-electron chi connectivity index (χ4n) is 3.40. The van der Waals surface area contributed by atoms with Crippen molar-refractivity contribution in [2.75, 3.05) is 47.0 Å². The first kappa shape index (κ1) is 22.4. The molecule has 3 rings (SSSR count). The van der Waals surface area contributed by atoms with Crippen LogP contribution in [0, 0.1) is 0 Å². The Labute approximate surface area is 186 Å². The lowest BCUT2D eigenvalue weighted by atomic mass is 10.1. The van der Waals surface area contributed by atoms with Crippen LogP contribution in [0.2, 0.25) is 0 Å². The molecule has 2 aromatic rings. The minimum atomic E-state index is -0.233. The summed E-state index contributed by atoms with van der Waals surface area (Å²) < 4.78 is 17.2. The number of nitrogens with zero attached hydrogens (tertiary/aromatic N) is 3. The van der Waals surface area contributed by atoms with Gasteiger partial charge in [-0.25, -0.2) is 4.79 Å². The number of rotatable bonds is 8. The summed E-state index contributed by atoms with van der Waals surface area (Å²) in [5, 5.41) is 0. The van der Waals surface area contributed by atoms with E-state index in [1.165, 1.54) is 0 Å². The van der Waals surface area contributed by atoms with Crippen LogP contribution in [-0.4, -0.2) is 67.9 Å². The van der Waals surface area contributed by atoms with Crippen LogP contribution in [0.5, 0.6) is 11.5 Å². The number of ether oxygens (including phenoxy) is 3. The van der Waals surface area contributed by atoms with Gasteiger partial charge in [-0.2, -0.15) is 0 Å². The molecule has 0 spiro atoms. The van der Waals surface area contributed by atoms with E-state index in [0.717, 1.165) is 48.2 Å². The van der Waals surface area contributed by atoms with Crippen molar-refractivity contribution in [3.63, 3.8) is 0 Å². The van der Waals surface area contributed by atoms with Crippen molar-refractivity contribution in [2.45, 2.75) is 19.4 Å². The molecule has 0 unspecified atom stereocenters. The molecule has 1 aliphatic rings. The van der Waals surface area contributed by atoms with Crippen molar-refractivity contribution in [3.05, 3.63) is 52.3 Å². The third-order valence-electron chi connectivity index (χ3n) is 5.11. The molecule has 0 N–H and O–H groups in total. The molecule has 1 saturated heterocycles. The Balaban J connectivity index is 1.41. The van der Waals surface area contributed by atoms with Crippen molar-refractivity contribution in [2.24, 2.45) is 0 Å². The van der Waals surface area contributed by atoms with Gasteiger partial charge in [0.25, 0.3) is 0 Å². The second kappa shape index (κ2) is 11.2. The largest absolute Gasteiger partial charge is 0.493 e. The van der Waals surface area contributed by atoms with Crippen molar-refractivity contribution in [1.29, 1.82) is 0 Å². The normalized spacial score (nSPS) is 14.4. The van der Waals surface area contributed by atoms with Crippen LogP contribution in [0.15, 0.2) is 41.0 Å². The first-order valence-electron chi connectivity index (χ1n) is 10.0. The van der Waals surface area contributed by atoms with Crippen LogP contribution in [-0.2, 0) is 17.7 Å². The van der Waals surface area contributed by atoms with Gasteiger partial charge in [0.15, 0.2) is 11.5 Å². The molecule has 8 heteroatoms. The van der Waals surface area contributed by atoms with E-state index in [2.05, 4.69) is 25.8 Å². The molecule has 1 amide bonds. The lowest BCUT2D eigenvalue weighted by Gasteiger charge is -2.34. The Morgan fingerprint density at radius 2 is 1.83 bits per heavy atom. The Hall–Kier alpha value is -2.32. The predicted molar refractivity (Wildman–Crippen MR) is 118 cm³/mol. The third-order valence-corrected chi connectivity index (χ3v) is 5.84. The molecular weight excluding hydrogens is 450 g/mol. The SMILES string of the molecule is COc1cc(Br)c(CN2CCN(C(=O)OCCCc3ccccn3)CC2)cc1OC. The van der Waals surface area contributed by atoms with Gasteiger partial charge in [-0.3, -0.25) is 9.88 Å². The summed E-state index contributed by atoms with van der Waals surface area (Å²) in [6, 6.07) is 9.76. The van der Waals surface area contributed by atoms with E-state index in [1.807, 2.05) is 30.3 Å². The monoisotopic (exact) mass is 477 g/mol. The van der Waals surface area contributed by atoms with Crippen molar-refractivity contribution in [1.82, 2.24) is 14.8 Å². The zero-order chi connectivity index (χ0) is 21.3. The van der Waals surface area contributed by atoms with Gasteiger partial charge in [-0.05, 0) is 42.7 Å². The lowest BCUT2D eigenvalue weighted by Crippen LogP contribution is -2.48. The Morgan fingerprint density at radius 3 is 2.50 bits per heavy atom. The molecule has 162 valence electrons. The second-order valence-electron chi connectivity index (χ2n) is 7.10. The number of amides is 1. The number of hydrogen-bond acceptors (Lipinski definition) is 6. The molecule has 1 fully saturated rings. The second-order valence-corrected chi connectivity index (χ2v) is 7.96. The molecule has 0 bridgehead atoms. The minimum absolute atomic E-state index is 0.233. The first-order chi connectivity index (χ1) is 14.6. The summed E-state index contributed by atoms with van der Waals surface area (Å²) in [6.07, 6.45) is 3.13. The molecule has 0 aliphatic carbocycles. The van der Waals surface area contributed by atoms with Gasteiger partial charge >= 0.3 is 6.09 Å². The summed E-state index contributed by atoms with van der Waals surface area (Å²) in [4.78, 5) is 20.7. The quantitative estimate of drug-likeness (QED) is 0.539. The highest BCUT2D eigenvalue weighted by Crippen LogP contribution is 2.34. The van der Waals surface area contributed by atoms with Gasteiger partial charge in [-0.15, -0.1) is 0 Å². The van der Waals surface area contributed by atoms with E-state index in [4.69, 9.17) is 14.2 Å². The molecule has 0 atom stereocenters. The third kappa shape index (κ3) is 6.09. The summed E-state index contributed by atoms with van der Waals surface area (Å²) in [7, 11) is 3.26. The Morgan fingerprint density at radius 1 is 1.10 bits per heavy atom. The van der Waals surface area contributed by atoms with Gasteiger partial charge in [0.1, 0.15) is 0 Å². The number of carbonyl (C=O) groups excluding carboxylic acids is 1. The number of carbonyl (C=O) groups is 1. The number of pyridine rings is 1. The number of piperazine rings is 1. The molecule has 1 aliphatic heterocycles. The van der Waals surface area contributed by atoms with E-state index in [-0.39, 0.29) is 6.09 Å². The van der Waals surface area contributed by atoms with Crippen molar-refractivity contribution >= 4 is 22.0 Å². The van der Waals surface area contributed by atoms with E-state index in [1.54, 1.807) is 25.3 Å². The maximum atomic E-state index is 12.3. The number of benzene rings is 1. The summed E-state index contributed by atoms with van der Waals surface area (Å²) >= 11 is 3.61. The van der Waals surface area contributed by atoms with E-state index < -0.39 is 0 Å². The summed E-state index contributed by atoms with van der Waals surface area (Å²) in [6.45, 7) is 4.09. The van der Waals surface area contributed by atoms with Crippen LogP contribution in [0.3, 0.4) is 0 Å². The van der Waals surface area contributed by atoms with Crippen LogP contribution < -0.4 is 9.47 Å². The van der Waals surface area contributed by atoms with Crippen LogP contribution in [0.1, 0.15) is 17.7 Å². The van der Waals surface area contributed by atoms with E-state index in [9.17, 15) is 4.79 Å². The van der Waals surface area contributed by atoms with Gasteiger partial charge in [-0.1, -0.05) is 22.0 Å². The van der Waals surface area contributed by atoms with Gasteiger partial charge < -0.3 is 19.1 Å². The maximum absolute atomic E-state index is 12.3. The molecule has 30 heavy (non-hydrogen) atoms. The Bertz CT molecular complexity index is 827. The molecule has 0 saturated carbocycles. The fraction of sp³-hybridized carbons (Fsp3) is 0.455. The number of aromatic nitrogens is 1. The highest BCUT2D eigenvalue weighted by atomic mass is 79.9. The smallest absolute Gasteiger partial charge is 0.409 e. The van der Waals surface area contributed by atoms with Crippen molar-refractivity contribution in [3.8, 4) is 11.5 Å². The number of halogens is 1. The highest BCUT2D eigenvalue weighted by Gasteiger charge is 2.23. The van der Waals surface area contributed by atoms with Gasteiger partial charge in [0, 0.05) is 49.1 Å². The predicted octanol–water partition coefficient (Wildman–Crippen LogP) is 3.75. The fourth-order valence-corrected chi connectivity index (χ4v) is 3.84. The average molecular weight is 478 g/mol. The number of aryl methyl sites for hydroxylation is 1. The standard InChI is InChI=1S/C22H28BrN3O4/c1-28-20-14-17(19(23)15-21(20)29-2)16-25-9-11-26(12-10-25)22(27)30-13-5-7-18-6-3-4-8-24-18/h3-4,6,8,14-15H,5,7,9-13,16H2,1-2H3. The van der Waals surface area contributed by atoms with Crippen LogP contribution >= 0.6 is 15.9 Å². The zero-order valence-corrected chi connectivity index (χ0v) is 19.1. The number of methoxy groups -OCH3 is 2. The summed E-state index contributed by atoms with van der Waals surface area (Å²) in [5.41, 5.74) is 2.14. The average Bonchev–Trinajstić information content (AvgIpc) is 2.78. The zero-order valence-electron chi connectivity index (χ0n) is 17.5. The van der Waals surface area contributed by atoms with Gasteiger partial charge in [0.2, 0.25) is 0 Å². The number of hydrogen-bond donors (Lipinski definition) is 0. The maximum Gasteiger partial charge on any atom is 0.409 e. The van der Waals surface area contributed by atoms with E-state index >= 15 is 0 Å². The van der Waals surface area contributed by atoms with Gasteiger partial charge in [0.05, 0.1) is 20.8 Å². The topological polar surface area (TPSA) is 64.1 Å². The highest BCUT2D eigenvalue weighted by molar-refractivity contribution is 9.10. The molecule has 2 heterocycles. The lowest BCUT2D eigenvalue weighted by molar-refractivity contribution is 0.0738. The summed E-state index contributed by atoms with van der Waals surface area (Å²) in [5.74, 6) is 1.41. The molecule has 7 nitrogen and oxygen atoms in total. The molecule has 1 aromatic heterocycles. The minimum Gasteiger partial charge on any atom is -0.493 e. The molecule has 0 radical (unpaired) electrons. The Kier molecular flexibility index (Phi) is 8.33. The van der Waals surface area contributed by atoms with Crippen molar-refractivity contribution < 1.29 is 19.0 Å². The van der Waals surface area contributed by atoms with E-state index in [0.29, 0.717) is 31.2 Å².